The molecule has 0 aliphatic carbocycles. The van der Waals surface area contributed by atoms with E-state index in [9.17, 15) is 9.18 Å². The van der Waals surface area contributed by atoms with Crippen LogP contribution in [-0.4, -0.2) is 45.8 Å². The number of halogens is 1. The smallest absolute Gasteiger partial charge is 0.252 e. The average molecular weight is 477 g/mol. The molecular formula is C25H25FN6O3. The topological polar surface area (TPSA) is 131 Å². The summed E-state index contributed by atoms with van der Waals surface area (Å²) in [5, 5.41) is 4.42. The van der Waals surface area contributed by atoms with Gasteiger partial charge >= 0.3 is 0 Å². The number of nitrogens with zero attached hydrogens (tertiary/aromatic N) is 4. The van der Waals surface area contributed by atoms with E-state index in [0.29, 0.717) is 42.2 Å². The molecule has 0 atom stereocenters. The Morgan fingerprint density at radius 2 is 1.97 bits per heavy atom. The molecule has 9 nitrogen and oxygen atoms in total. The number of carbonyl (C=O) groups excluding carboxylic acids is 1. The summed E-state index contributed by atoms with van der Waals surface area (Å²) in [6, 6.07) is 10.1. The van der Waals surface area contributed by atoms with Gasteiger partial charge in [-0.2, -0.15) is 5.10 Å². The van der Waals surface area contributed by atoms with Crippen LogP contribution < -0.4 is 16.2 Å². The normalized spacial score (nSPS) is 14.3. The van der Waals surface area contributed by atoms with Gasteiger partial charge < -0.3 is 20.9 Å². The van der Waals surface area contributed by atoms with E-state index < -0.39 is 11.7 Å². The zero-order chi connectivity index (χ0) is 24.5. The van der Waals surface area contributed by atoms with Gasteiger partial charge in [0.05, 0.1) is 12.7 Å². The molecule has 1 aliphatic rings. The Hall–Kier alpha value is -4.05. The lowest BCUT2D eigenvalue weighted by molar-refractivity contribution is 0.0832. The fourth-order valence-electron chi connectivity index (χ4n) is 4.60. The van der Waals surface area contributed by atoms with Gasteiger partial charge in [-0.1, -0.05) is 24.3 Å². The monoisotopic (exact) mass is 476 g/mol. The van der Waals surface area contributed by atoms with Gasteiger partial charge in [-0.05, 0) is 30.5 Å². The maximum Gasteiger partial charge on any atom is 0.252 e. The number of methoxy groups -OCH3 is 1. The largest absolute Gasteiger partial charge is 0.496 e. The first kappa shape index (κ1) is 22.7. The predicted octanol–water partition coefficient (Wildman–Crippen LogP) is 3.10. The SMILES string of the molecule is COc1c(Cc2ccc(-c3nc(C4CCOCC4)n4ncnc(N)c34)cc2)cc(F)cc1C(N)=O. The third-order valence-electron chi connectivity index (χ3n) is 6.29. The summed E-state index contributed by atoms with van der Waals surface area (Å²) in [5.41, 5.74) is 15.3. The minimum atomic E-state index is -0.746. The molecule has 5 rings (SSSR count). The van der Waals surface area contributed by atoms with Gasteiger partial charge in [0.1, 0.15) is 34.9 Å². The van der Waals surface area contributed by atoms with Crippen molar-refractivity contribution in [2.45, 2.75) is 25.2 Å². The highest BCUT2D eigenvalue weighted by molar-refractivity contribution is 5.96. The van der Waals surface area contributed by atoms with Crippen molar-refractivity contribution in [3.8, 4) is 17.0 Å². The zero-order valence-electron chi connectivity index (χ0n) is 19.2. The first-order valence-corrected chi connectivity index (χ1v) is 11.3. The lowest BCUT2D eigenvalue weighted by Crippen LogP contribution is -2.17. The highest BCUT2D eigenvalue weighted by Gasteiger charge is 2.25. The number of hydrogen-bond acceptors (Lipinski definition) is 7. The molecule has 1 fully saturated rings. The second-order valence-electron chi connectivity index (χ2n) is 8.49. The van der Waals surface area contributed by atoms with E-state index in [0.717, 1.165) is 35.9 Å². The summed E-state index contributed by atoms with van der Waals surface area (Å²) in [4.78, 5) is 20.8. The quantitative estimate of drug-likeness (QED) is 0.437. The number of nitrogen functional groups attached to an aromatic ring is 1. The molecule has 0 spiro atoms. The van der Waals surface area contributed by atoms with Crippen LogP contribution >= 0.6 is 0 Å². The highest BCUT2D eigenvalue weighted by Crippen LogP contribution is 2.34. The molecular weight excluding hydrogens is 451 g/mol. The molecule has 180 valence electrons. The summed E-state index contributed by atoms with van der Waals surface area (Å²) in [5.74, 6) is 0.400. The molecule has 0 radical (unpaired) electrons. The Morgan fingerprint density at radius 1 is 1.23 bits per heavy atom. The minimum absolute atomic E-state index is 0.0136. The van der Waals surface area contributed by atoms with E-state index in [1.165, 1.54) is 19.5 Å². The number of hydrogen-bond donors (Lipinski definition) is 2. The zero-order valence-corrected chi connectivity index (χ0v) is 19.2. The van der Waals surface area contributed by atoms with Crippen molar-refractivity contribution in [2.24, 2.45) is 5.73 Å². The van der Waals surface area contributed by atoms with E-state index >= 15 is 0 Å². The molecule has 1 aliphatic heterocycles. The van der Waals surface area contributed by atoms with Gasteiger partial charge in [0.2, 0.25) is 0 Å². The summed E-state index contributed by atoms with van der Waals surface area (Å²) < 4.78 is 26.8. The summed E-state index contributed by atoms with van der Waals surface area (Å²) in [6.45, 7) is 1.37. The molecule has 4 aromatic rings. The molecule has 2 aromatic carbocycles. The molecule has 0 saturated carbocycles. The first-order valence-electron chi connectivity index (χ1n) is 11.3. The Bertz CT molecular complexity index is 1400. The standard InChI is InChI=1S/C25H25FN6O3/c1-34-22-17(11-18(26)12-19(22)24(28)33)10-14-2-4-15(5-3-14)20-21-23(27)29-13-30-32(21)25(31-20)16-6-8-35-9-7-16/h2-5,11-13,16H,6-10H2,1H3,(H2,28,33)(H2,27,29,30). The number of aromatic nitrogens is 4. The van der Waals surface area contributed by atoms with E-state index in [1.807, 2.05) is 24.3 Å². The molecule has 4 N–H and O–H groups in total. The van der Waals surface area contributed by atoms with Crippen LogP contribution in [0.4, 0.5) is 10.2 Å². The maximum atomic E-state index is 14.1. The van der Waals surface area contributed by atoms with Crippen molar-refractivity contribution >= 4 is 17.2 Å². The van der Waals surface area contributed by atoms with Crippen LogP contribution in [0, 0.1) is 5.82 Å². The van der Waals surface area contributed by atoms with Crippen molar-refractivity contribution in [3.63, 3.8) is 0 Å². The number of benzene rings is 2. The number of anilines is 1. The maximum absolute atomic E-state index is 14.1. The van der Waals surface area contributed by atoms with Gasteiger partial charge in [-0.15, -0.1) is 0 Å². The molecule has 1 amide bonds. The molecule has 0 bridgehead atoms. The molecule has 35 heavy (non-hydrogen) atoms. The number of rotatable bonds is 6. The molecule has 2 aromatic heterocycles. The van der Waals surface area contributed by atoms with Gasteiger partial charge in [0, 0.05) is 36.7 Å². The van der Waals surface area contributed by atoms with Crippen molar-refractivity contribution < 1.29 is 18.7 Å². The Labute approximate surface area is 200 Å². The second kappa shape index (κ2) is 9.30. The highest BCUT2D eigenvalue weighted by atomic mass is 19.1. The third kappa shape index (κ3) is 4.28. The van der Waals surface area contributed by atoms with Crippen molar-refractivity contribution in [2.75, 3.05) is 26.1 Å². The predicted molar refractivity (Wildman–Crippen MR) is 128 cm³/mol. The number of nitrogens with two attached hydrogens (primary N) is 2. The van der Waals surface area contributed by atoms with Crippen molar-refractivity contribution in [1.29, 1.82) is 0 Å². The lowest BCUT2D eigenvalue weighted by atomic mass is 9.99. The minimum Gasteiger partial charge on any atom is -0.496 e. The summed E-state index contributed by atoms with van der Waals surface area (Å²) in [7, 11) is 1.43. The van der Waals surface area contributed by atoms with Gasteiger partial charge in [-0.25, -0.2) is 18.9 Å². The Kier molecular flexibility index (Phi) is 6.04. The summed E-state index contributed by atoms with van der Waals surface area (Å²) >= 11 is 0. The van der Waals surface area contributed by atoms with E-state index in [4.69, 9.17) is 25.9 Å². The van der Waals surface area contributed by atoms with E-state index in [2.05, 4.69) is 10.1 Å². The molecule has 3 heterocycles. The second-order valence-corrected chi connectivity index (χ2v) is 8.49. The third-order valence-corrected chi connectivity index (χ3v) is 6.29. The fraction of sp³-hybridized carbons (Fsp3) is 0.280. The van der Waals surface area contributed by atoms with Crippen LogP contribution in [0.15, 0.2) is 42.7 Å². The van der Waals surface area contributed by atoms with Gasteiger partial charge in [0.25, 0.3) is 5.91 Å². The van der Waals surface area contributed by atoms with Crippen LogP contribution in [0.25, 0.3) is 16.8 Å². The van der Waals surface area contributed by atoms with E-state index in [-0.39, 0.29) is 17.2 Å². The molecule has 10 heteroatoms. The Morgan fingerprint density at radius 3 is 2.66 bits per heavy atom. The van der Waals surface area contributed by atoms with Crippen LogP contribution in [0.2, 0.25) is 0 Å². The van der Waals surface area contributed by atoms with Crippen LogP contribution in [0.3, 0.4) is 0 Å². The molecule has 1 saturated heterocycles. The Balaban J connectivity index is 1.50. The van der Waals surface area contributed by atoms with Crippen LogP contribution in [0.1, 0.15) is 46.1 Å². The fourth-order valence-corrected chi connectivity index (χ4v) is 4.60. The average Bonchev–Trinajstić information content (AvgIpc) is 3.26. The number of primary amides is 1. The van der Waals surface area contributed by atoms with Crippen LogP contribution in [-0.2, 0) is 11.2 Å². The summed E-state index contributed by atoms with van der Waals surface area (Å²) in [6.07, 6.45) is 3.52. The number of carbonyl (C=O) groups is 1. The van der Waals surface area contributed by atoms with E-state index in [1.54, 1.807) is 4.52 Å². The van der Waals surface area contributed by atoms with Gasteiger partial charge in [-0.3, -0.25) is 4.79 Å². The van der Waals surface area contributed by atoms with Gasteiger partial charge in [0.15, 0.2) is 5.82 Å². The number of ether oxygens (including phenoxy) is 2. The number of amides is 1. The number of imidazole rings is 1. The van der Waals surface area contributed by atoms with Crippen molar-refractivity contribution in [3.05, 3.63) is 71.1 Å². The lowest BCUT2D eigenvalue weighted by Gasteiger charge is -2.20. The first-order chi connectivity index (χ1) is 17.0. The molecule has 0 unspecified atom stereocenters. The van der Waals surface area contributed by atoms with Crippen LogP contribution in [0.5, 0.6) is 5.75 Å². The number of fused-ring (bicyclic) bond motifs is 1. The van der Waals surface area contributed by atoms with Crippen molar-refractivity contribution in [1.82, 2.24) is 19.6 Å².